The van der Waals surface area contributed by atoms with Crippen LogP contribution in [-0.4, -0.2) is 34.9 Å². The Hall–Kier alpha value is -3.35. The Kier molecular flexibility index (Phi) is 3.46. The zero-order chi connectivity index (χ0) is 16.6. The summed E-state index contributed by atoms with van der Waals surface area (Å²) in [5.41, 5.74) is 1.25. The van der Waals surface area contributed by atoms with Crippen LogP contribution < -0.4 is 5.32 Å². The summed E-state index contributed by atoms with van der Waals surface area (Å²) in [4.78, 5) is 24.0. The van der Waals surface area contributed by atoms with Crippen molar-refractivity contribution in [3.8, 4) is 11.3 Å². The van der Waals surface area contributed by atoms with E-state index in [-0.39, 0.29) is 17.4 Å². The van der Waals surface area contributed by atoms with E-state index in [0.29, 0.717) is 17.2 Å². The lowest BCUT2D eigenvalue weighted by molar-refractivity contribution is -0.115. The molecule has 0 radical (unpaired) electrons. The number of guanidine groups is 1. The lowest BCUT2D eigenvalue weighted by atomic mass is 10.1. The average Bonchev–Trinajstić information content (AvgIpc) is 3.08. The number of carboxylic acids is 1. The van der Waals surface area contributed by atoms with Crippen LogP contribution in [0.25, 0.3) is 17.4 Å². The molecule has 116 valence electrons. The number of carbonyl (C=O) groups is 2. The third kappa shape index (κ3) is 2.71. The Balaban J connectivity index is 1.87. The standard InChI is InChI=1S/C16H13N3O4/c1-19-12(14(20)18-16(19)17)8-11-6-7-13(23-11)9-2-4-10(5-3-9)15(21)22/h2-8H,1H3,(H,21,22)(H2,17,18,20). The SMILES string of the molecule is CN1C(=N)NC(=O)C1=Cc1ccc(-c2ccc(C(=O)O)cc2)o1. The minimum absolute atomic E-state index is 0.0114. The minimum atomic E-state index is -0.987. The van der Waals surface area contributed by atoms with Gasteiger partial charge < -0.3 is 14.4 Å². The van der Waals surface area contributed by atoms with Gasteiger partial charge in [0.15, 0.2) is 0 Å². The molecule has 0 spiro atoms. The number of carboxylic acid groups (broad SMARTS) is 1. The molecule has 3 N–H and O–H groups in total. The summed E-state index contributed by atoms with van der Waals surface area (Å²) in [6.07, 6.45) is 1.55. The van der Waals surface area contributed by atoms with E-state index >= 15 is 0 Å². The number of furan rings is 1. The number of likely N-dealkylation sites (N-methyl/N-ethyl adjacent to an activating group) is 1. The van der Waals surface area contributed by atoms with E-state index in [9.17, 15) is 9.59 Å². The van der Waals surface area contributed by atoms with Crippen LogP contribution in [0.1, 0.15) is 16.1 Å². The average molecular weight is 311 g/mol. The van der Waals surface area contributed by atoms with Crippen LogP contribution in [0.2, 0.25) is 0 Å². The molecule has 1 saturated heterocycles. The van der Waals surface area contributed by atoms with Gasteiger partial charge in [0.25, 0.3) is 5.91 Å². The first-order valence-electron chi connectivity index (χ1n) is 6.74. The van der Waals surface area contributed by atoms with Crippen molar-refractivity contribution in [2.45, 2.75) is 0 Å². The summed E-state index contributed by atoms with van der Waals surface area (Å²) >= 11 is 0. The van der Waals surface area contributed by atoms with Gasteiger partial charge in [0.1, 0.15) is 17.2 Å². The van der Waals surface area contributed by atoms with Crippen LogP contribution in [0, 0.1) is 5.41 Å². The highest BCUT2D eigenvalue weighted by atomic mass is 16.4. The van der Waals surface area contributed by atoms with Crippen LogP contribution in [0.3, 0.4) is 0 Å². The molecule has 3 rings (SSSR count). The van der Waals surface area contributed by atoms with E-state index in [1.807, 2.05) is 0 Å². The van der Waals surface area contributed by atoms with E-state index in [4.69, 9.17) is 14.9 Å². The summed E-state index contributed by atoms with van der Waals surface area (Å²) < 4.78 is 5.66. The maximum Gasteiger partial charge on any atom is 0.335 e. The predicted octanol–water partition coefficient (Wildman–Crippen LogP) is 1.98. The molecule has 2 aromatic rings. The molecule has 0 bridgehead atoms. The smallest absolute Gasteiger partial charge is 0.335 e. The molecule has 1 fully saturated rings. The lowest BCUT2D eigenvalue weighted by Crippen LogP contribution is -2.25. The maximum atomic E-state index is 11.7. The van der Waals surface area contributed by atoms with E-state index in [0.717, 1.165) is 5.56 Å². The summed E-state index contributed by atoms with van der Waals surface area (Å²) in [7, 11) is 1.61. The van der Waals surface area contributed by atoms with Crippen molar-refractivity contribution in [3.63, 3.8) is 0 Å². The van der Waals surface area contributed by atoms with Crippen LogP contribution in [0.4, 0.5) is 0 Å². The Bertz CT molecular complexity index is 833. The third-order valence-electron chi connectivity index (χ3n) is 3.48. The largest absolute Gasteiger partial charge is 0.478 e. The number of rotatable bonds is 3. The first kappa shape index (κ1) is 14.6. The lowest BCUT2D eigenvalue weighted by Gasteiger charge is -2.07. The van der Waals surface area contributed by atoms with Gasteiger partial charge in [0.05, 0.1) is 5.56 Å². The number of amides is 1. The van der Waals surface area contributed by atoms with Crippen molar-refractivity contribution in [1.82, 2.24) is 10.2 Å². The predicted molar refractivity (Wildman–Crippen MR) is 82.7 cm³/mol. The number of hydrogen-bond donors (Lipinski definition) is 3. The fraction of sp³-hybridized carbons (Fsp3) is 0.0625. The zero-order valence-corrected chi connectivity index (χ0v) is 12.2. The normalized spacial score (nSPS) is 16.0. The van der Waals surface area contributed by atoms with Crippen LogP contribution in [0.15, 0.2) is 46.5 Å². The molecule has 0 saturated carbocycles. The zero-order valence-electron chi connectivity index (χ0n) is 12.2. The van der Waals surface area contributed by atoms with Gasteiger partial charge in [0, 0.05) is 18.7 Å². The van der Waals surface area contributed by atoms with E-state index < -0.39 is 5.97 Å². The fourth-order valence-electron chi connectivity index (χ4n) is 2.19. The topological polar surface area (TPSA) is 107 Å². The number of hydrogen-bond acceptors (Lipinski definition) is 4. The van der Waals surface area contributed by atoms with Gasteiger partial charge in [-0.3, -0.25) is 15.5 Å². The molecular weight excluding hydrogens is 298 g/mol. The summed E-state index contributed by atoms with van der Waals surface area (Å²) in [5.74, 6) is -0.309. The van der Waals surface area contributed by atoms with E-state index in [2.05, 4.69) is 5.32 Å². The summed E-state index contributed by atoms with van der Waals surface area (Å²) in [6.45, 7) is 0. The Labute approximate surface area is 131 Å². The fourth-order valence-corrected chi connectivity index (χ4v) is 2.19. The van der Waals surface area contributed by atoms with E-state index in [1.54, 1.807) is 37.4 Å². The molecule has 0 atom stereocenters. The molecule has 1 aromatic heterocycles. The van der Waals surface area contributed by atoms with Crippen molar-refractivity contribution in [2.75, 3.05) is 7.05 Å². The molecule has 1 aliphatic heterocycles. The molecule has 1 aromatic carbocycles. The Morgan fingerprint density at radius 1 is 1.26 bits per heavy atom. The van der Waals surface area contributed by atoms with Gasteiger partial charge in [-0.2, -0.15) is 0 Å². The molecule has 7 nitrogen and oxygen atoms in total. The second kappa shape index (κ2) is 5.45. The Morgan fingerprint density at radius 3 is 2.52 bits per heavy atom. The van der Waals surface area contributed by atoms with Crippen molar-refractivity contribution in [2.24, 2.45) is 0 Å². The molecule has 23 heavy (non-hydrogen) atoms. The molecule has 1 amide bonds. The van der Waals surface area contributed by atoms with Gasteiger partial charge in [-0.1, -0.05) is 12.1 Å². The van der Waals surface area contributed by atoms with Gasteiger partial charge in [-0.25, -0.2) is 4.79 Å². The van der Waals surface area contributed by atoms with Crippen LogP contribution >= 0.6 is 0 Å². The first-order valence-corrected chi connectivity index (χ1v) is 6.74. The highest BCUT2D eigenvalue weighted by molar-refractivity contribution is 6.14. The third-order valence-corrected chi connectivity index (χ3v) is 3.48. The van der Waals surface area contributed by atoms with Gasteiger partial charge in [-0.05, 0) is 24.3 Å². The van der Waals surface area contributed by atoms with Gasteiger partial charge >= 0.3 is 5.97 Å². The Morgan fingerprint density at radius 2 is 1.96 bits per heavy atom. The van der Waals surface area contributed by atoms with Crippen LogP contribution in [0.5, 0.6) is 0 Å². The molecule has 7 heteroatoms. The van der Waals surface area contributed by atoms with Gasteiger partial charge in [0.2, 0.25) is 5.96 Å². The van der Waals surface area contributed by atoms with Gasteiger partial charge in [-0.15, -0.1) is 0 Å². The molecular formula is C16H13N3O4. The van der Waals surface area contributed by atoms with Crippen molar-refractivity contribution < 1.29 is 19.1 Å². The summed E-state index contributed by atoms with van der Waals surface area (Å²) in [5, 5.41) is 18.8. The van der Waals surface area contributed by atoms with Crippen molar-refractivity contribution in [3.05, 3.63) is 53.4 Å². The minimum Gasteiger partial charge on any atom is -0.478 e. The molecule has 0 aliphatic carbocycles. The molecule has 2 heterocycles. The number of carbonyl (C=O) groups excluding carboxylic acids is 1. The highest BCUT2D eigenvalue weighted by Gasteiger charge is 2.27. The number of nitrogens with one attached hydrogen (secondary N) is 2. The second-order valence-corrected chi connectivity index (χ2v) is 4.98. The van der Waals surface area contributed by atoms with Crippen LogP contribution in [-0.2, 0) is 4.79 Å². The van der Waals surface area contributed by atoms with Crippen molar-refractivity contribution >= 4 is 23.9 Å². The first-order chi connectivity index (χ1) is 11.0. The molecule has 0 unspecified atom stereocenters. The number of nitrogens with zero attached hydrogens (tertiary/aromatic N) is 1. The highest BCUT2D eigenvalue weighted by Crippen LogP contribution is 2.24. The quantitative estimate of drug-likeness (QED) is 0.751. The monoisotopic (exact) mass is 311 g/mol. The number of aromatic carboxylic acids is 1. The molecule has 1 aliphatic rings. The maximum absolute atomic E-state index is 11.7. The summed E-state index contributed by atoms with van der Waals surface area (Å²) in [6, 6.07) is 9.75. The number of benzene rings is 1. The second-order valence-electron chi connectivity index (χ2n) is 4.98. The van der Waals surface area contributed by atoms with E-state index in [1.165, 1.54) is 17.0 Å². The van der Waals surface area contributed by atoms with Crippen molar-refractivity contribution in [1.29, 1.82) is 5.41 Å².